The molecule has 1 aliphatic rings. The quantitative estimate of drug-likeness (QED) is 0.654. The molecule has 2 atom stereocenters. The van der Waals surface area contributed by atoms with Gasteiger partial charge in [0.2, 0.25) is 5.91 Å². The normalized spacial score (nSPS) is 17.0. The number of nitrogens with one attached hydrogen (secondary N) is 1. The summed E-state index contributed by atoms with van der Waals surface area (Å²) in [5.74, 6) is -1.73. The number of hydrogen-bond acceptors (Lipinski definition) is 5. The van der Waals surface area contributed by atoms with Gasteiger partial charge in [0.15, 0.2) is 11.9 Å². The van der Waals surface area contributed by atoms with Crippen LogP contribution in [0.1, 0.15) is 18.9 Å². The minimum atomic E-state index is -1.07. The number of amides is 2. The van der Waals surface area contributed by atoms with Crippen LogP contribution in [0.2, 0.25) is 10.0 Å². The summed E-state index contributed by atoms with van der Waals surface area (Å²) in [6, 6.07) is 11.3. The summed E-state index contributed by atoms with van der Waals surface area (Å²) in [4.78, 5) is 42.6. The van der Waals surface area contributed by atoms with E-state index < -0.39 is 23.9 Å². The number of anilines is 1. The van der Waals surface area contributed by atoms with Crippen LogP contribution in [0, 0.1) is 5.92 Å². The number of hydrogen-bond donors (Lipinski definition) is 1. The Morgan fingerprint density at radius 3 is 2.73 bits per heavy atom. The van der Waals surface area contributed by atoms with Crippen molar-refractivity contribution >= 4 is 46.8 Å². The summed E-state index contributed by atoms with van der Waals surface area (Å²) < 4.78 is 5.26. The minimum absolute atomic E-state index is 0.0759. The molecule has 2 heterocycles. The third-order valence-electron chi connectivity index (χ3n) is 4.77. The minimum Gasteiger partial charge on any atom is -0.452 e. The van der Waals surface area contributed by atoms with Crippen LogP contribution in [0.15, 0.2) is 42.6 Å². The van der Waals surface area contributed by atoms with Gasteiger partial charge in [0.25, 0.3) is 5.91 Å². The fourth-order valence-electron chi connectivity index (χ4n) is 3.10. The van der Waals surface area contributed by atoms with Gasteiger partial charge in [0.05, 0.1) is 16.0 Å². The number of rotatable bonds is 7. The molecule has 9 heteroatoms. The number of nitrogens with zero attached hydrogens (tertiary/aromatic N) is 2. The highest BCUT2D eigenvalue weighted by Gasteiger charge is 2.36. The number of carbonyl (C=O) groups excluding carboxylic acids is 3. The lowest BCUT2D eigenvalue weighted by atomic mass is 10.1. The summed E-state index contributed by atoms with van der Waals surface area (Å²) in [5, 5.41) is 3.00. The predicted molar refractivity (Wildman–Crippen MR) is 113 cm³/mol. The largest absolute Gasteiger partial charge is 0.452 e. The smallest absolute Gasteiger partial charge is 0.312 e. The lowest BCUT2D eigenvalue weighted by molar-refractivity contribution is -0.157. The fourth-order valence-corrected chi connectivity index (χ4v) is 3.53. The highest BCUT2D eigenvalue weighted by Crippen LogP contribution is 2.23. The van der Waals surface area contributed by atoms with Gasteiger partial charge in [-0.05, 0) is 25.0 Å². The van der Waals surface area contributed by atoms with Gasteiger partial charge >= 0.3 is 5.97 Å². The molecule has 0 aliphatic carbocycles. The van der Waals surface area contributed by atoms with Crippen LogP contribution in [0.25, 0.3) is 0 Å². The molecule has 0 bridgehead atoms. The third kappa shape index (κ3) is 5.70. The summed E-state index contributed by atoms with van der Waals surface area (Å²) in [6.07, 6.45) is 1.06. The Bertz CT molecular complexity index is 939. The summed E-state index contributed by atoms with van der Waals surface area (Å²) in [7, 11) is 0. The Morgan fingerprint density at radius 1 is 1.30 bits per heavy atom. The molecule has 1 fully saturated rings. The van der Waals surface area contributed by atoms with E-state index >= 15 is 0 Å². The van der Waals surface area contributed by atoms with E-state index in [0.717, 1.165) is 5.56 Å². The zero-order valence-electron chi connectivity index (χ0n) is 16.3. The number of pyridine rings is 1. The molecule has 1 aromatic heterocycles. The van der Waals surface area contributed by atoms with Crippen LogP contribution in [-0.2, 0) is 25.5 Å². The number of aromatic nitrogens is 1. The van der Waals surface area contributed by atoms with Crippen LogP contribution in [0.3, 0.4) is 0 Å². The molecule has 2 unspecified atom stereocenters. The van der Waals surface area contributed by atoms with E-state index in [0.29, 0.717) is 18.0 Å². The third-order valence-corrected chi connectivity index (χ3v) is 5.27. The maximum Gasteiger partial charge on any atom is 0.312 e. The average molecular weight is 450 g/mol. The summed E-state index contributed by atoms with van der Waals surface area (Å²) >= 11 is 11.8. The first kappa shape index (κ1) is 22.1. The van der Waals surface area contributed by atoms with Gasteiger partial charge in [-0.15, -0.1) is 0 Å². The number of benzene rings is 1. The van der Waals surface area contributed by atoms with Gasteiger partial charge in [-0.25, -0.2) is 4.98 Å². The molecule has 0 spiro atoms. The van der Waals surface area contributed by atoms with E-state index in [1.54, 1.807) is 4.90 Å². The van der Waals surface area contributed by atoms with Crippen molar-refractivity contribution in [3.63, 3.8) is 0 Å². The van der Waals surface area contributed by atoms with Gasteiger partial charge in [0.1, 0.15) is 0 Å². The van der Waals surface area contributed by atoms with Gasteiger partial charge < -0.3 is 15.0 Å². The second kappa shape index (κ2) is 9.91. The number of likely N-dealkylation sites (tertiary alicyclic amines) is 1. The molecule has 0 saturated carbocycles. The van der Waals surface area contributed by atoms with E-state index in [9.17, 15) is 14.4 Å². The number of ether oxygens (including phenoxy) is 1. The Kier molecular flexibility index (Phi) is 7.29. The number of halogens is 2. The van der Waals surface area contributed by atoms with E-state index in [1.807, 2.05) is 30.3 Å². The zero-order chi connectivity index (χ0) is 21.7. The number of carbonyl (C=O) groups is 3. The van der Waals surface area contributed by atoms with Crippen molar-refractivity contribution in [1.29, 1.82) is 0 Å². The highest BCUT2D eigenvalue weighted by atomic mass is 35.5. The van der Waals surface area contributed by atoms with Crippen molar-refractivity contribution in [1.82, 2.24) is 9.88 Å². The molecule has 1 N–H and O–H groups in total. The van der Waals surface area contributed by atoms with Gasteiger partial charge in [0, 0.05) is 25.7 Å². The second-order valence-electron chi connectivity index (χ2n) is 7.03. The van der Waals surface area contributed by atoms with Crippen LogP contribution in [0.4, 0.5) is 5.82 Å². The van der Waals surface area contributed by atoms with E-state index in [4.69, 9.17) is 27.9 Å². The monoisotopic (exact) mass is 449 g/mol. The molecule has 2 aromatic rings. The maximum absolute atomic E-state index is 12.4. The lowest BCUT2D eigenvalue weighted by Crippen LogP contribution is -2.34. The second-order valence-corrected chi connectivity index (χ2v) is 7.87. The SMILES string of the molecule is CC(OC(=O)C1CC(=O)N(CCc2ccccc2)C1)C(=O)Nc1ncc(Cl)cc1Cl. The van der Waals surface area contributed by atoms with Crippen LogP contribution in [-0.4, -0.2) is 46.9 Å². The first-order valence-corrected chi connectivity index (χ1v) is 10.2. The lowest BCUT2D eigenvalue weighted by Gasteiger charge is -2.18. The Balaban J connectivity index is 1.50. The molecule has 3 rings (SSSR count). The average Bonchev–Trinajstić information content (AvgIpc) is 3.10. The van der Waals surface area contributed by atoms with Gasteiger partial charge in [-0.1, -0.05) is 53.5 Å². The molecular formula is C21H21Cl2N3O4. The predicted octanol–water partition coefficient (Wildman–Crippen LogP) is 3.35. The van der Waals surface area contributed by atoms with Crippen LogP contribution < -0.4 is 5.32 Å². The molecule has 7 nitrogen and oxygen atoms in total. The molecule has 1 aliphatic heterocycles. The number of esters is 1. The van der Waals surface area contributed by atoms with Crippen molar-refractivity contribution in [3.8, 4) is 0 Å². The fraction of sp³-hybridized carbons (Fsp3) is 0.333. The molecular weight excluding hydrogens is 429 g/mol. The highest BCUT2D eigenvalue weighted by molar-refractivity contribution is 6.36. The van der Waals surface area contributed by atoms with Crippen molar-refractivity contribution in [2.75, 3.05) is 18.4 Å². The Hall–Kier alpha value is -2.64. The molecule has 158 valence electrons. The molecule has 30 heavy (non-hydrogen) atoms. The van der Waals surface area contributed by atoms with Gasteiger partial charge in [-0.3, -0.25) is 14.4 Å². The van der Waals surface area contributed by atoms with Crippen molar-refractivity contribution in [2.24, 2.45) is 5.92 Å². The zero-order valence-corrected chi connectivity index (χ0v) is 17.8. The van der Waals surface area contributed by atoms with Crippen LogP contribution >= 0.6 is 23.2 Å². The molecule has 0 radical (unpaired) electrons. The van der Waals surface area contributed by atoms with Crippen molar-refractivity contribution < 1.29 is 19.1 Å². The molecule has 2 amide bonds. The molecule has 1 saturated heterocycles. The van der Waals surface area contributed by atoms with E-state index in [2.05, 4.69) is 10.3 Å². The van der Waals surface area contributed by atoms with E-state index in [-0.39, 0.29) is 29.7 Å². The Labute approximate surface area is 184 Å². The first-order valence-electron chi connectivity index (χ1n) is 9.47. The summed E-state index contributed by atoms with van der Waals surface area (Å²) in [6.45, 7) is 2.26. The standard InChI is InChI=1S/C21H21Cl2N3O4/c1-13(20(28)25-19-17(23)10-16(22)11-24-19)30-21(29)15-9-18(27)26(12-15)8-7-14-5-3-2-4-6-14/h2-6,10-11,13,15H,7-9,12H2,1H3,(H,24,25,28). The van der Waals surface area contributed by atoms with Crippen molar-refractivity contribution in [2.45, 2.75) is 25.9 Å². The van der Waals surface area contributed by atoms with Gasteiger partial charge in [-0.2, -0.15) is 0 Å². The maximum atomic E-state index is 12.4. The van der Waals surface area contributed by atoms with Crippen LogP contribution in [0.5, 0.6) is 0 Å². The first-order chi connectivity index (χ1) is 14.3. The topological polar surface area (TPSA) is 88.6 Å². The Morgan fingerprint density at radius 2 is 2.03 bits per heavy atom. The summed E-state index contributed by atoms with van der Waals surface area (Å²) in [5.41, 5.74) is 1.12. The molecule has 1 aromatic carbocycles. The van der Waals surface area contributed by atoms with E-state index in [1.165, 1.54) is 19.2 Å². The van der Waals surface area contributed by atoms with Crippen molar-refractivity contribution in [3.05, 3.63) is 58.2 Å².